The Morgan fingerprint density at radius 1 is 1.12 bits per heavy atom. The summed E-state index contributed by atoms with van der Waals surface area (Å²) in [6, 6.07) is 6.33. The summed E-state index contributed by atoms with van der Waals surface area (Å²) in [7, 11) is 8.22. The Morgan fingerprint density at radius 3 is 2.31 bits per heavy atom. The van der Waals surface area contributed by atoms with Crippen LogP contribution in [0.3, 0.4) is 0 Å². The van der Waals surface area contributed by atoms with Crippen molar-refractivity contribution >= 4 is 17.1 Å². The first-order valence-electron chi connectivity index (χ1n) is 5.00. The lowest BCUT2D eigenvalue weighted by atomic mass is 10.2. The smallest absolute Gasteiger partial charge is 0.105 e. The Bertz CT molecular complexity index is 410. The Balaban J connectivity index is 0.00000128. The van der Waals surface area contributed by atoms with Crippen LogP contribution in [0.25, 0.3) is 0 Å². The van der Waals surface area contributed by atoms with Crippen LogP contribution in [0, 0.1) is 0 Å². The van der Waals surface area contributed by atoms with Crippen molar-refractivity contribution in [3.63, 3.8) is 0 Å². The first-order chi connectivity index (χ1) is 7.04. The Hall–Kier alpha value is -1.64. The fourth-order valence-electron chi connectivity index (χ4n) is 1.99. The minimum Gasteiger partial charge on any atom is -0.376 e. The second-order valence-electron chi connectivity index (χ2n) is 4.07. The number of rotatable bonds is 1. The van der Waals surface area contributed by atoms with Crippen molar-refractivity contribution in [3.05, 3.63) is 30.6 Å². The van der Waals surface area contributed by atoms with Gasteiger partial charge < -0.3 is 14.7 Å². The molecule has 2 rings (SSSR count). The topological polar surface area (TPSA) is 9.72 Å². The Labute approximate surface area is 98.6 Å². The first-order valence-corrected chi connectivity index (χ1v) is 5.00. The predicted molar refractivity (Wildman–Crippen MR) is 73.4 cm³/mol. The van der Waals surface area contributed by atoms with Gasteiger partial charge in [0.1, 0.15) is 5.82 Å². The average Bonchev–Trinajstić information content (AvgIpc) is 2.44. The van der Waals surface area contributed by atoms with Gasteiger partial charge in [0.15, 0.2) is 0 Å². The summed E-state index contributed by atoms with van der Waals surface area (Å²) in [5, 5.41) is 0. The largest absolute Gasteiger partial charge is 0.376 e. The Kier molecular flexibility index (Phi) is 3.17. The molecular formula is C13H21N3. The van der Waals surface area contributed by atoms with Gasteiger partial charge in [-0.25, -0.2) is 0 Å². The summed E-state index contributed by atoms with van der Waals surface area (Å²) in [6.45, 7) is 4.06. The van der Waals surface area contributed by atoms with Crippen molar-refractivity contribution in [1.29, 1.82) is 0 Å². The van der Waals surface area contributed by atoms with Gasteiger partial charge in [-0.3, -0.25) is 0 Å². The highest BCUT2D eigenvalue weighted by atomic mass is 15.4. The number of fused-ring (bicyclic) bond motifs is 1. The van der Waals surface area contributed by atoms with E-state index in [-0.39, 0.29) is 7.43 Å². The molecule has 1 aromatic rings. The maximum Gasteiger partial charge on any atom is 0.105 e. The highest BCUT2D eigenvalue weighted by Crippen LogP contribution is 2.44. The van der Waals surface area contributed by atoms with Gasteiger partial charge in [-0.2, -0.15) is 0 Å². The maximum absolute atomic E-state index is 4.06. The molecule has 0 atom stereocenters. The van der Waals surface area contributed by atoms with Crippen molar-refractivity contribution < 1.29 is 0 Å². The van der Waals surface area contributed by atoms with Crippen LogP contribution >= 0.6 is 0 Å². The molecule has 0 saturated carbocycles. The summed E-state index contributed by atoms with van der Waals surface area (Å²) in [4.78, 5) is 6.37. The van der Waals surface area contributed by atoms with E-state index < -0.39 is 0 Å². The summed E-state index contributed by atoms with van der Waals surface area (Å²) < 4.78 is 0. The van der Waals surface area contributed by atoms with E-state index in [1.54, 1.807) is 0 Å². The predicted octanol–water partition coefficient (Wildman–Crippen LogP) is 2.75. The number of benzene rings is 1. The molecular weight excluding hydrogens is 198 g/mol. The van der Waals surface area contributed by atoms with Crippen LogP contribution in [0.1, 0.15) is 7.43 Å². The molecule has 0 aromatic heterocycles. The van der Waals surface area contributed by atoms with Crippen LogP contribution in [0.5, 0.6) is 0 Å². The maximum atomic E-state index is 4.06. The van der Waals surface area contributed by atoms with Gasteiger partial charge in [0, 0.05) is 28.2 Å². The molecule has 1 aliphatic rings. The van der Waals surface area contributed by atoms with Gasteiger partial charge in [-0.1, -0.05) is 20.1 Å². The summed E-state index contributed by atoms with van der Waals surface area (Å²) in [6.07, 6.45) is 0. The number of hydrogen-bond acceptors (Lipinski definition) is 3. The molecule has 16 heavy (non-hydrogen) atoms. The molecule has 0 radical (unpaired) electrons. The number of nitrogens with zero attached hydrogens (tertiary/aromatic N) is 3. The molecule has 0 amide bonds. The number of para-hydroxylation sites is 1. The molecule has 0 unspecified atom stereocenters. The molecule has 3 heteroatoms. The third kappa shape index (κ3) is 1.52. The van der Waals surface area contributed by atoms with Gasteiger partial charge >= 0.3 is 0 Å². The zero-order valence-corrected chi connectivity index (χ0v) is 9.78. The van der Waals surface area contributed by atoms with Crippen molar-refractivity contribution in [1.82, 2.24) is 0 Å². The van der Waals surface area contributed by atoms with Crippen LogP contribution in [0.15, 0.2) is 30.6 Å². The van der Waals surface area contributed by atoms with E-state index in [1.165, 1.54) is 17.1 Å². The van der Waals surface area contributed by atoms with Crippen LogP contribution in [-0.2, 0) is 0 Å². The number of hydrogen-bond donors (Lipinski definition) is 0. The van der Waals surface area contributed by atoms with E-state index >= 15 is 0 Å². The van der Waals surface area contributed by atoms with E-state index in [4.69, 9.17) is 0 Å². The van der Waals surface area contributed by atoms with E-state index in [0.29, 0.717) is 0 Å². The van der Waals surface area contributed by atoms with Crippen molar-refractivity contribution in [3.8, 4) is 0 Å². The lowest BCUT2D eigenvalue weighted by molar-refractivity contribution is 1.05. The molecule has 1 aliphatic heterocycles. The first kappa shape index (κ1) is 12.4. The van der Waals surface area contributed by atoms with Crippen molar-refractivity contribution in [2.24, 2.45) is 0 Å². The van der Waals surface area contributed by atoms with E-state index in [1.807, 2.05) is 7.05 Å². The summed E-state index contributed by atoms with van der Waals surface area (Å²) in [5.41, 5.74) is 3.67. The molecule has 0 fully saturated rings. The van der Waals surface area contributed by atoms with Gasteiger partial charge in [0.2, 0.25) is 0 Å². The summed E-state index contributed by atoms with van der Waals surface area (Å²) >= 11 is 0. The lowest BCUT2D eigenvalue weighted by Gasteiger charge is -2.20. The molecule has 0 spiro atoms. The average molecular weight is 219 g/mol. The van der Waals surface area contributed by atoms with E-state index in [2.05, 4.69) is 60.6 Å². The van der Waals surface area contributed by atoms with Gasteiger partial charge in [-0.15, -0.1) is 0 Å². The van der Waals surface area contributed by atoms with Crippen molar-refractivity contribution in [2.45, 2.75) is 7.43 Å². The van der Waals surface area contributed by atoms with Gasteiger partial charge in [-0.05, 0) is 12.1 Å². The van der Waals surface area contributed by atoms with Crippen LogP contribution in [-0.4, -0.2) is 28.2 Å². The quantitative estimate of drug-likeness (QED) is 0.719. The minimum atomic E-state index is 0. The Morgan fingerprint density at radius 2 is 1.75 bits per heavy atom. The molecule has 1 aromatic carbocycles. The normalized spacial score (nSPS) is 13.6. The van der Waals surface area contributed by atoms with Gasteiger partial charge in [0.05, 0.1) is 17.1 Å². The zero-order chi connectivity index (χ0) is 11.2. The highest BCUT2D eigenvalue weighted by molar-refractivity contribution is 5.91. The van der Waals surface area contributed by atoms with Crippen LogP contribution in [0.4, 0.5) is 17.1 Å². The minimum absolute atomic E-state index is 0. The zero-order valence-electron chi connectivity index (χ0n) is 9.78. The molecule has 88 valence electrons. The molecule has 0 bridgehead atoms. The SMILES string of the molecule is C.C=C1N(C)c2cccc(N(C)C)c2N1C. The van der Waals surface area contributed by atoms with Crippen molar-refractivity contribution in [2.75, 3.05) is 42.9 Å². The second kappa shape index (κ2) is 4.08. The molecule has 0 saturated heterocycles. The third-order valence-electron chi connectivity index (χ3n) is 2.95. The van der Waals surface area contributed by atoms with E-state index in [9.17, 15) is 0 Å². The third-order valence-corrected chi connectivity index (χ3v) is 2.95. The van der Waals surface area contributed by atoms with Crippen LogP contribution in [0.2, 0.25) is 0 Å². The van der Waals surface area contributed by atoms with Gasteiger partial charge in [0.25, 0.3) is 0 Å². The summed E-state index contributed by atoms with van der Waals surface area (Å²) in [5.74, 6) is 1.01. The standard InChI is InChI=1S/C12H17N3.CH4/c1-9-14(4)11-8-6-7-10(13(2)3)12(11)15(9)5;/h6-8H,1H2,2-5H3;1H4. The highest BCUT2D eigenvalue weighted by Gasteiger charge is 2.27. The number of anilines is 3. The molecule has 1 heterocycles. The fraction of sp³-hybridized carbons (Fsp3) is 0.385. The second-order valence-corrected chi connectivity index (χ2v) is 4.07. The lowest BCUT2D eigenvalue weighted by Crippen LogP contribution is -2.21. The van der Waals surface area contributed by atoms with E-state index in [0.717, 1.165) is 5.82 Å². The molecule has 0 N–H and O–H groups in total. The molecule has 0 aliphatic carbocycles. The fourth-order valence-corrected chi connectivity index (χ4v) is 1.99. The van der Waals surface area contributed by atoms with Crippen LogP contribution < -0.4 is 14.7 Å². The monoisotopic (exact) mass is 219 g/mol. The molecule has 3 nitrogen and oxygen atoms in total.